The molecule has 1 aromatic carbocycles. The summed E-state index contributed by atoms with van der Waals surface area (Å²) in [5.41, 5.74) is 2.68. The van der Waals surface area contributed by atoms with Gasteiger partial charge in [-0.1, -0.05) is 5.92 Å². The van der Waals surface area contributed by atoms with Gasteiger partial charge in [0.25, 0.3) is 0 Å². The van der Waals surface area contributed by atoms with Crippen molar-refractivity contribution in [2.24, 2.45) is 0 Å². The maximum atomic E-state index is 12.9. The van der Waals surface area contributed by atoms with E-state index in [0.717, 1.165) is 11.3 Å². The average molecular weight is 386 g/mol. The third kappa shape index (κ3) is 2.78. The molecule has 0 aliphatic carbocycles. The van der Waals surface area contributed by atoms with Crippen molar-refractivity contribution >= 4 is 27.7 Å². The van der Waals surface area contributed by atoms with E-state index in [2.05, 4.69) is 21.9 Å². The second-order valence-electron chi connectivity index (χ2n) is 5.56. The molecular weight excluding hydrogens is 370 g/mol. The second-order valence-corrected chi connectivity index (χ2v) is 6.42. The Morgan fingerprint density at radius 1 is 1.38 bits per heavy atom. The summed E-state index contributed by atoms with van der Waals surface area (Å²) in [5, 5.41) is 0. The highest BCUT2D eigenvalue weighted by Gasteiger charge is 2.34. The molecule has 1 aliphatic rings. The number of hydrogen-bond acceptors (Lipinski definition) is 3. The molecule has 24 heavy (non-hydrogen) atoms. The molecule has 0 saturated carbocycles. The van der Waals surface area contributed by atoms with Gasteiger partial charge in [-0.15, -0.1) is 6.42 Å². The second kappa shape index (κ2) is 6.66. The number of rotatable bonds is 4. The van der Waals surface area contributed by atoms with E-state index in [4.69, 9.17) is 11.2 Å². The Kier molecular flexibility index (Phi) is 4.59. The number of benzene rings is 1. The predicted molar refractivity (Wildman–Crippen MR) is 93.9 cm³/mol. The van der Waals surface area contributed by atoms with E-state index in [0.29, 0.717) is 35.3 Å². The number of terminal acetylenes is 1. The highest BCUT2D eigenvalue weighted by Crippen LogP contribution is 2.36. The van der Waals surface area contributed by atoms with E-state index in [1.165, 1.54) is 0 Å². The molecule has 0 saturated heterocycles. The zero-order chi connectivity index (χ0) is 17.3. The van der Waals surface area contributed by atoms with Crippen LogP contribution in [0.1, 0.15) is 46.6 Å². The molecule has 0 N–H and O–H groups in total. The van der Waals surface area contributed by atoms with Crippen molar-refractivity contribution < 1.29 is 14.3 Å². The molecule has 2 aromatic rings. The number of nitrogens with zero attached hydrogens (tertiary/aromatic N) is 1. The Bertz CT molecular complexity index is 843. The summed E-state index contributed by atoms with van der Waals surface area (Å²) in [6, 6.07) is 8.79. The molecule has 122 valence electrons. The van der Waals surface area contributed by atoms with Gasteiger partial charge >= 0.3 is 5.97 Å². The van der Waals surface area contributed by atoms with Gasteiger partial charge < -0.3 is 9.30 Å². The van der Waals surface area contributed by atoms with Gasteiger partial charge in [0.2, 0.25) is 5.78 Å². The molecule has 0 amide bonds. The van der Waals surface area contributed by atoms with Crippen molar-refractivity contribution in [1.29, 1.82) is 0 Å². The fourth-order valence-corrected chi connectivity index (χ4v) is 3.67. The van der Waals surface area contributed by atoms with Crippen LogP contribution in [0.25, 0.3) is 0 Å². The predicted octanol–water partition coefficient (Wildman–Crippen LogP) is 3.51. The van der Waals surface area contributed by atoms with Crippen molar-refractivity contribution in [2.45, 2.75) is 25.8 Å². The standard InChI is InChI=1S/C19H16BrNO3/c1-3-12-5-7-13(8-6-12)18(22)17-15(20)11-16-14(9-10-21(16)17)19(23)24-4-2/h1,5-8,11,14H,4,9-10H2,2H3. The third-order valence-electron chi connectivity index (χ3n) is 4.18. The highest BCUT2D eigenvalue weighted by atomic mass is 79.9. The maximum absolute atomic E-state index is 12.9. The number of hydrogen-bond donors (Lipinski definition) is 0. The number of fused-ring (bicyclic) bond motifs is 1. The smallest absolute Gasteiger partial charge is 0.315 e. The van der Waals surface area contributed by atoms with Crippen LogP contribution in [0.5, 0.6) is 0 Å². The molecule has 1 atom stereocenters. The quantitative estimate of drug-likeness (QED) is 0.459. The molecule has 1 aliphatic heterocycles. The van der Waals surface area contributed by atoms with Crippen molar-refractivity contribution in [1.82, 2.24) is 4.57 Å². The molecule has 0 spiro atoms. The molecule has 3 rings (SSSR count). The van der Waals surface area contributed by atoms with Gasteiger partial charge in [-0.25, -0.2) is 0 Å². The Labute approximate surface area is 148 Å². The molecule has 0 bridgehead atoms. The Hall–Kier alpha value is -2.32. The molecular formula is C19H16BrNO3. The minimum absolute atomic E-state index is 0.0961. The number of aromatic nitrogens is 1. The minimum atomic E-state index is -0.313. The van der Waals surface area contributed by atoms with Gasteiger partial charge in [-0.3, -0.25) is 9.59 Å². The SMILES string of the molecule is C#Cc1ccc(C(=O)c2c(Br)cc3n2CCC3C(=O)OCC)cc1. The van der Waals surface area contributed by atoms with Gasteiger partial charge in [0.05, 0.1) is 12.5 Å². The first-order chi connectivity index (χ1) is 11.6. The van der Waals surface area contributed by atoms with E-state index in [9.17, 15) is 9.59 Å². The van der Waals surface area contributed by atoms with Gasteiger partial charge in [-0.05, 0) is 59.6 Å². The van der Waals surface area contributed by atoms with Gasteiger partial charge in [0.15, 0.2) is 0 Å². The molecule has 4 nitrogen and oxygen atoms in total. The van der Waals surface area contributed by atoms with Crippen LogP contribution in [0.4, 0.5) is 0 Å². The van der Waals surface area contributed by atoms with Crippen LogP contribution in [-0.2, 0) is 16.1 Å². The van der Waals surface area contributed by atoms with Crippen molar-refractivity contribution in [3.63, 3.8) is 0 Å². The number of carbonyl (C=O) groups excluding carboxylic acids is 2. The summed E-state index contributed by atoms with van der Waals surface area (Å²) >= 11 is 3.46. The topological polar surface area (TPSA) is 48.3 Å². The number of ether oxygens (including phenoxy) is 1. The van der Waals surface area contributed by atoms with Crippen LogP contribution >= 0.6 is 15.9 Å². The lowest BCUT2D eigenvalue weighted by atomic mass is 10.0. The molecule has 2 heterocycles. The number of carbonyl (C=O) groups is 2. The number of esters is 1. The third-order valence-corrected chi connectivity index (χ3v) is 4.79. The molecule has 5 heteroatoms. The van der Waals surface area contributed by atoms with Gasteiger partial charge in [0, 0.05) is 27.8 Å². The summed E-state index contributed by atoms with van der Waals surface area (Å²) in [7, 11) is 0. The Balaban J connectivity index is 1.95. The van der Waals surface area contributed by atoms with Crippen molar-refractivity contribution in [2.75, 3.05) is 6.61 Å². The fourth-order valence-electron chi connectivity index (χ4n) is 3.04. The zero-order valence-corrected chi connectivity index (χ0v) is 14.8. The fraction of sp³-hybridized carbons (Fsp3) is 0.263. The monoisotopic (exact) mass is 385 g/mol. The normalized spacial score (nSPS) is 15.6. The summed E-state index contributed by atoms with van der Waals surface area (Å²) in [6.07, 6.45) is 6.00. The van der Waals surface area contributed by atoms with Gasteiger partial charge in [0.1, 0.15) is 5.69 Å². The lowest BCUT2D eigenvalue weighted by Gasteiger charge is -2.08. The average Bonchev–Trinajstić information content (AvgIpc) is 3.12. The van der Waals surface area contributed by atoms with E-state index < -0.39 is 0 Å². The Morgan fingerprint density at radius 2 is 2.08 bits per heavy atom. The molecule has 0 radical (unpaired) electrons. The van der Waals surface area contributed by atoms with Crippen LogP contribution in [-0.4, -0.2) is 22.9 Å². The van der Waals surface area contributed by atoms with E-state index >= 15 is 0 Å². The Morgan fingerprint density at radius 3 is 2.71 bits per heavy atom. The highest BCUT2D eigenvalue weighted by molar-refractivity contribution is 9.10. The lowest BCUT2D eigenvalue weighted by Crippen LogP contribution is -2.13. The van der Waals surface area contributed by atoms with Crippen molar-refractivity contribution in [3.05, 3.63) is 57.3 Å². The number of ketones is 1. The van der Waals surface area contributed by atoms with Crippen LogP contribution in [0, 0.1) is 12.3 Å². The summed E-state index contributed by atoms with van der Waals surface area (Å²) in [4.78, 5) is 25.0. The maximum Gasteiger partial charge on any atom is 0.315 e. The largest absolute Gasteiger partial charge is 0.465 e. The van der Waals surface area contributed by atoms with Crippen molar-refractivity contribution in [3.8, 4) is 12.3 Å². The van der Waals surface area contributed by atoms with Gasteiger partial charge in [-0.2, -0.15) is 0 Å². The van der Waals surface area contributed by atoms with E-state index in [1.807, 2.05) is 10.6 Å². The molecule has 1 aromatic heterocycles. The first-order valence-electron chi connectivity index (χ1n) is 7.73. The van der Waals surface area contributed by atoms with Crippen LogP contribution in [0.15, 0.2) is 34.8 Å². The number of halogens is 1. The summed E-state index contributed by atoms with van der Waals surface area (Å²) < 4.78 is 7.73. The molecule has 1 unspecified atom stereocenters. The summed E-state index contributed by atoms with van der Waals surface area (Å²) in [5.74, 6) is 1.89. The van der Waals surface area contributed by atoms with E-state index in [1.54, 1.807) is 31.2 Å². The van der Waals surface area contributed by atoms with Crippen LogP contribution < -0.4 is 0 Å². The minimum Gasteiger partial charge on any atom is -0.465 e. The first kappa shape index (κ1) is 16.5. The van der Waals surface area contributed by atoms with Crippen LogP contribution in [0.2, 0.25) is 0 Å². The zero-order valence-electron chi connectivity index (χ0n) is 13.2. The lowest BCUT2D eigenvalue weighted by molar-refractivity contribution is -0.144. The molecule has 0 fully saturated rings. The first-order valence-corrected chi connectivity index (χ1v) is 8.53. The van der Waals surface area contributed by atoms with E-state index in [-0.39, 0.29) is 17.7 Å². The van der Waals surface area contributed by atoms with Crippen LogP contribution in [0.3, 0.4) is 0 Å². The summed E-state index contributed by atoms with van der Waals surface area (Å²) in [6.45, 7) is 2.76.